The summed E-state index contributed by atoms with van der Waals surface area (Å²) in [6.45, 7) is 5.70. The molecule has 0 aliphatic carbocycles. The molecule has 0 saturated heterocycles. The van der Waals surface area contributed by atoms with E-state index in [1.165, 1.54) is 12.1 Å². The molecule has 3 heteroatoms. The van der Waals surface area contributed by atoms with E-state index in [9.17, 15) is 9.18 Å². The monoisotopic (exact) mass is 223 g/mol. The third kappa shape index (κ3) is 2.67. The van der Waals surface area contributed by atoms with E-state index in [0.717, 1.165) is 12.0 Å². The maximum atomic E-state index is 13.1. The zero-order valence-corrected chi connectivity index (χ0v) is 9.96. The Morgan fingerprint density at radius 2 is 2.12 bits per heavy atom. The second kappa shape index (κ2) is 5.21. The second-order valence-electron chi connectivity index (χ2n) is 4.23. The molecule has 2 unspecified atom stereocenters. The van der Waals surface area contributed by atoms with E-state index in [-0.39, 0.29) is 11.7 Å². The van der Waals surface area contributed by atoms with Gasteiger partial charge in [0.25, 0.3) is 0 Å². The molecule has 2 atom stereocenters. The third-order valence-electron chi connectivity index (χ3n) is 3.02. The fourth-order valence-corrected chi connectivity index (χ4v) is 1.55. The lowest BCUT2D eigenvalue weighted by Gasteiger charge is -2.18. The van der Waals surface area contributed by atoms with E-state index < -0.39 is 11.9 Å². The Labute approximate surface area is 95.7 Å². The topological polar surface area (TPSA) is 43.1 Å². The SMILES string of the molecule is CCC(C)C(N)C(=O)c1cc(F)ccc1C. The molecule has 0 bridgehead atoms. The van der Waals surface area contributed by atoms with E-state index in [0.29, 0.717) is 5.56 Å². The smallest absolute Gasteiger partial charge is 0.180 e. The fourth-order valence-electron chi connectivity index (χ4n) is 1.55. The molecule has 2 N–H and O–H groups in total. The molecule has 88 valence electrons. The van der Waals surface area contributed by atoms with E-state index in [2.05, 4.69) is 0 Å². The number of hydrogen-bond donors (Lipinski definition) is 1. The highest BCUT2D eigenvalue weighted by atomic mass is 19.1. The van der Waals surface area contributed by atoms with Crippen LogP contribution >= 0.6 is 0 Å². The standard InChI is InChI=1S/C13H18FNO/c1-4-8(2)12(15)13(16)11-7-10(14)6-5-9(11)3/h5-8,12H,4,15H2,1-3H3. The molecule has 1 aromatic carbocycles. The van der Waals surface area contributed by atoms with Crippen LogP contribution in [0, 0.1) is 18.7 Å². The molecule has 1 rings (SSSR count). The zero-order valence-electron chi connectivity index (χ0n) is 9.96. The highest BCUT2D eigenvalue weighted by Crippen LogP contribution is 2.16. The summed E-state index contributed by atoms with van der Waals surface area (Å²) in [5, 5.41) is 0. The summed E-state index contributed by atoms with van der Waals surface area (Å²) in [4.78, 5) is 12.0. The number of rotatable bonds is 4. The van der Waals surface area contributed by atoms with Crippen LogP contribution in [-0.2, 0) is 0 Å². The summed E-state index contributed by atoms with van der Waals surface area (Å²) in [5.74, 6) is -0.466. The van der Waals surface area contributed by atoms with Gasteiger partial charge < -0.3 is 5.73 Å². The minimum Gasteiger partial charge on any atom is -0.321 e. The first-order valence-corrected chi connectivity index (χ1v) is 5.53. The summed E-state index contributed by atoms with van der Waals surface area (Å²) in [6.07, 6.45) is 0.835. The Kier molecular flexibility index (Phi) is 4.19. The number of carbonyl (C=O) groups is 1. The first kappa shape index (κ1) is 12.8. The average Bonchev–Trinajstić information content (AvgIpc) is 2.29. The van der Waals surface area contributed by atoms with Crippen molar-refractivity contribution in [1.82, 2.24) is 0 Å². The normalized spacial score (nSPS) is 14.6. The van der Waals surface area contributed by atoms with Crippen molar-refractivity contribution in [2.24, 2.45) is 11.7 Å². The van der Waals surface area contributed by atoms with Crippen molar-refractivity contribution in [3.8, 4) is 0 Å². The molecule has 0 radical (unpaired) electrons. The molecule has 0 aromatic heterocycles. The average molecular weight is 223 g/mol. The first-order valence-electron chi connectivity index (χ1n) is 5.53. The first-order chi connectivity index (χ1) is 7.47. The van der Waals surface area contributed by atoms with Crippen molar-refractivity contribution >= 4 is 5.78 Å². The zero-order chi connectivity index (χ0) is 12.3. The summed E-state index contributed by atoms with van der Waals surface area (Å²) < 4.78 is 13.1. The van der Waals surface area contributed by atoms with Crippen molar-refractivity contribution in [3.63, 3.8) is 0 Å². The Morgan fingerprint density at radius 1 is 1.50 bits per heavy atom. The van der Waals surface area contributed by atoms with E-state index >= 15 is 0 Å². The number of hydrogen-bond acceptors (Lipinski definition) is 2. The van der Waals surface area contributed by atoms with Gasteiger partial charge >= 0.3 is 0 Å². The summed E-state index contributed by atoms with van der Waals surface area (Å²) in [5.41, 5.74) is 7.02. The molecule has 0 heterocycles. The largest absolute Gasteiger partial charge is 0.321 e. The maximum absolute atomic E-state index is 13.1. The quantitative estimate of drug-likeness (QED) is 0.797. The van der Waals surface area contributed by atoms with E-state index in [1.54, 1.807) is 13.0 Å². The van der Waals surface area contributed by atoms with Crippen LogP contribution in [0.2, 0.25) is 0 Å². The number of halogens is 1. The van der Waals surface area contributed by atoms with Crippen LogP contribution in [0.1, 0.15) is 36.2 Å². The van der Waals surface area contributed by atoms with Crippen LogP contribution in [-0.4, -0.2) is 11.8 Å². The van der Waals surface area contributed by atoms with Gasteiger partial charge in [-0.3, -0.25) is 4.79 Å². The van der Waals surface area contributed by atoms with Gasteiger partial charge in [-0.15, -0.1) is 0 Å². The van der Waals surface area contributed by atoms with E-state index in [1.807, 2.05) is 13.8 Å². The van der Waals surface area contributed by atoms with Crippen LogP contribution in [0.3, 0.4) is 0 Å². The highest BCUT2D eigenvalue weighted by molar-refractivity contribution is 6.01. The Bertz CT molecular complexity index is 390. The Hall–Kier alpha value is -1.22. The van der Waals surface area contributed by atoms with Gasteiger partial charge in [0, 0.05) is 5.56 Å². The van der Waals surface area contributed by atoms with Crippen molar-refractivity contribution in [1.29, 1.82) is 0 Å². The van der Waals surface area contributed by atoms with Crippen molar-refractivity contribution in [2.45, 2.75) is 33.2 Å². The van der Waals surface area contributed by atoms with Gasteiger partial charge in [-0.2, -0.15) is 0 Å². The second-order valence-corrected chi connectivity index (χ2v) is 4.23. The molecule has 0 fully saturated rings. The molecule has 0 amide bonds. The highest BCUT2D eigenvalue weighted by Gasteiger charge is 2.22. The van der Waals surface area contributed by atoms with Gasteiger partial charge in [0.15, 0.2) is 5.78 Å². The molecular formula is C13H18FNO. The Balaban J connectivity index is 3.00. The summed E-state index contributed by atoms with van der Waals surface area (Å²) in [7, 11) is 0. The molecule has 0 spiro atoms. The summed E-state index contributed by atoms with van der Waals surface area (Å²) >= 11 is 0. The van der Waals surface area contributed by atoms with Gasteiger partial charge in [-0.25, -0.2) is 4.39 Å². The molecule has 2 nitrogen and oxygen atoms in total. The third-order valence-corrected chi connectivity index (χ3v) is 3.02. The lowest BCUT2D eigenvalue weighted by atomic mass is 9.91. The molecule has 0 aliphatic rings. The predicted octanol–water partition coefficient (Wildman–Crippen LogP) is 2.69. The number of Topliss-reactive ketones (excluding diaryl/α,β-unsaturated/α-hetero) is 1. The lowest BCUT2D eigenvalue weighted by molar-refractivity contribution is 0.0934. The van der Waals surface area contributed by atoms with Crippen molar-refractivity contribution in [3.05, 3.63) is 35.1 Å². The molecule has 0 saturated carbocycles. The van der Waals surface area contributed by atoms with Gasteiger partial charge in [-0.1, -0.05) is 26.3 Å². The maximum Gasteiger partial charge on any atom is 0.180 e. The minimum absolute atomic E-state index is 0.107. The van der Waals surface area contributed by atoms with Crippen LogP contribution in [0.15, 0.2) is 18.2 Å². The van der Waals surface area contributed by atoms with Crippen molar-refractivity contribution in [2.75, 3.05) is 0 Å². The lowest BCUT2D eigenvalue weighted by Crippen LogP contribution is -2.37. The number of nitrogens with two attached hydrogens (primary N) is 1. The van der Waals surface area contributed by atoms with Gasteiger partial charge in [0.1, 0.15) is 5.82 Å². The number of aryl methyl sites for hydroxylation is 1. The molecule has 16 heavy (non-hydrogen) atoms. The van der Waals surface area contributed by atoms with E-state index in [4.69, 9.17) is 5.73 Å². The van der Waals surface area contributed by atoms with Gasteiger partial charge in [0.05, 0.1) is 6.04 Å². The molecular weight excluding hydrogens is 205 g/mol. The van der Waals surface area contributed by atoms with Crippen LogP contribution in [0.5, 0.6) is 0 Å². The van der Waals surface area contributed by atoms with Crippen LogP contribution in [0.25, 0.3) is 0 Å². The van der Waals surface area contributed by atoms with Gasteiger partial charge in [0.2, 0.25) is 0 Å². The van der Waals surface area contributed by atoms with Crippen LogP contribution in [0.4, 0.5) is 4.39 Å². The fraction of sp³-hybridized carbons (Fsp3) is 0.462. The Morgan fingerprint density at radius 3 is 2.69 bits per heavy atom. The summed E-state index contributed by atoms with van der Waals surface area (Å²) in [6, 6.07) is 3.66. The number of ketones is 1. The number of benzene rings is 1. The van der Waals surface area contributed by atoms with Crippen LogP contribution < -0.4 is 5.73 Å². The molecule has 1 aromatic rings. The number of carbonyl (C=O) groups excluding carboxylic acids is 1. The van der Waals surface area contributed by atoms with Gasteiger partial charge in [-0.05, 0) is 30.5 Å². The minimum atomic E-state index is -0.550. The molecule has 0 aliphatic heterocycles. The predicted molar refractivity (Wildman–Crippen MR) is 62.9 cm³/mol. The van der Waals surface area contributed by atoms with Crippen molar-refractivity contribution < 1.29 is 9.18 Å².